The van der Waals surface area contributed by atoms with Crippen molar-refractivity contribution in [3.05, 3.63) is 70.2 Å². The summed E-state index contributed by atoms with van der Waals surface area (Å²) < 4.78 is 39.6. The first-order chi connectivity index (χ1) is 10.4. The third kappa shape index (κ3) is 2.64. The van der Waals surface area contributed by atoms with Gasteiger partial charge in [-0.05, 0) is 23.3 Å². The highest BCUT2D eigenvalue weighted by atomic mass is 35.5. The smallest absolute Gasteiger partial charge is 0.166 e. The van der Waals surface area contributed by atoms with Crippen molar-refractivity contribution in [1.29, 1.82) is 0 Å². The first-order valence-electron chi connectivity index (χ1n) is 6.46. The fourth-order valence-electron chi connectivity index (χ4n) is 2.15. The van der Waals surface area contributed by atoms with Gasteiger partial charge in [0.2, 0.25) is 0 Å². The van der Waals surface area contributed by atoms with E-state index < -0.39 is 11.8 Å². The van der Waals surface area contributed by atoms with Crippen LogP contribution in [0.5, 0.6) is 0 Å². The maximum absolute atomic E-state index is 13.2. The summed E-state index contributed by atoms with van der Waals surface area (Å²) in [6.45, 7) is 0. The van der Waals surface area contributed by atoms with Gasteiger partial charge >= 0.3 is 11.8 Å². The van der Waals surface area contributed by atoms with Crippen LogP contribution in [0.1, 0.15) is 16.7 Å². The first-order valence-corrected chi connectivity index (χ1v) is 6.84. The highest BCUT2D eigenvalue weighted by Crippen LogP contribution is 2.53. The van der Waals surface area contributed by atoms with E-state index in [1.54, 1.807) is 18.2 Å². The van der Waals surface area contributed by atoms with Crippen LogP contribution in [-0.4, -0.2) is 6.18 Å². The summed E-state index contributed by atoms with van der Waals surface area (Å²) in [6.07, 6.45) is -1.23. The van der Waals surface area contributed by atoms with E-state index in [0.717, 1.165) is 5.56 Å². The average molecular weight is 323 g/mol. The van der Waals surface area contributed by atoms with Crippen molar-refractivity contribution in [2.45, 2.75) is 11.8 Å². The van der Waals surface area contributed by atoms with Gasteiger partial charge in [-0.2, -0.15) is 13.2 Å². The second-order valence-corrected chi connectivity index (χ2v) is 5.28. The summed E-state index contributed by atoms with van der Waals surface area (Å²) >= 11 is 5.84. The van der Waals surface area contributed by atoms with Crippen LogP contribution < -0.4 is 0 Å². The second kappa shape index (κ2) is 5.25. The van der Waals surface area contributed by atoms with Gasteiger partial charge in [0.05, 0.1) is 0 Å². The summed E-state index contributed by atoms with van der Waals surface area (Å²) in [4.78, 5) is 0. The zero-order chi connectivity index (χ0) is 15.8. The molecule has 0 spiro atoms. The standard InChI is InChI=1S/C16H10ClF3N2/c17-13-9-8-12(7-6-11-4-2-1-3-5-11)14(10-13)15(21-22-15)16(18,19)20/h1-10H/b7-6+. The van der Waals surface area contributed by atoms with Crippen LogP contribution in [0, 0.1) is 0 Å². The Bertz CT molecular complexity index is 746. The molecule has 2 nitrogen and oxygen atoms in total. The minimum Gasteiger partial charge on any atom is -0.166 e. The lowest BCUT2D eigenvalue weighted by Gasteiger charge is -2.17. The number of rotatable bonds is 3. The van der Waals surface area contributed by atoms with E-state index in [2.05, 4.69) is 10.2 Å². The van der Waals surface area contributed by atoms with Gasteiger partial charge in [-0.15, -0.1) is 10.2 Å². The van der Waals surface area contributed by atoms with Crippen LogP contribution in [0.15, 0.2) is 58.8 Å². The molecule has 0 amide bonds. The first kappa shape index (κ1) is 14.8. The second-order valence-electron chi connectivity index (χ2n) is 4.85. The molecule has 0 unspecified atom stereocenters. The van der Waals surface area contributed by atoms with Gasteiger partial charge in [-0.3, -0.25) is 0 Å². The normalized spacial score (nSPS) is 16.2. The van der Waals surface area contributed by atoms with E-state index in [-0.39, 0.29) is 10.6 Å². The SMILES string of the molecule is FC(F)(F)C1(c2cc(Cl)ccc2/C=C/c2ccccc2)N=N1. The molecule has 112 valence electrons. The van der Waals surface area contributed by atoms with Crippen LogP contribution in [0.4, 0.5) is 13.2 Å². The Morgan fingerprint density at radius 1 is 0.955 bits per heavy atom. The zero-order valence-electron chi connectivity index (χ0n) is 11.2. The van der Waals surface area contributed by atoms with Crippen LogP contribution in [0.25, 0.3) is 12.2 Å². The predicted octanol–water partition coefficient (Wildman–Crippen LogP) is 5.69. The molecule has 1 aliphatic heterocycles. The summed E-state index contributed by atoms with van der Waals surface area (Å²) in [6, 6.07) is 13.6. The molecule has 1 heterocycles. The minimum atomic E-state index is -4.58. The van der Waals surface area contributed by atoms with E-state index >= 15 is 0 Å². The van der Waals surface area contributed by atoms with E-state index in [0.29, 0.717) is 5.56 Å². The van der Waals surface area contributed by atoms with Gasteiger partial charge in [0.15, 0.2) is 0 Å². The lowest BCUT2D eigenvalue weighted by atomic mass is 9.96. The van der Waals surface area contributed by atoms with Gasteiger partial charge < -0.3 is 0 Å². The predicted molar refractivity (Wildman–Crippen MR) is 79.4 cm³/mol. The van der Waals surface area contributed by atoms with Crippen LogP contribution in [-0.2, 0) is 5.66 Å². The van der Waals surface area contributed by atoms with Crippen molar-refractivity contribution >= 4 is 23.8 Å². The van der Waals surface area contributed by atoms with Crippen molar-refractivity contribution < 1.29 is 13.2 Å². The largest absolute Gasteiger partial charge is 0.442 e. The molecule has 3 rings (SSSR count). The van der Waals surface area contributed by atoms with Gasteiger partial charge in [-0.1, -0.05) is 60.2 Å². The fourth-order valence-corrected chi connectivity index (χ4v) is 2.32. The summed E-state index contributed by atoms with van der Waals surface area (Å²) in [5, 5.41) is 6.69. The maximum Gasteiger partial charge on any atom is 0.442 e. The third-order valence-electron chi connectivity index (χ3n) is 3.34. The van der Waals surface area contributed by atoms with Crippen LogP contribution in [0.2, 0.25) is 5.02 Å². The van der Waals surface area contributed by atoms with Gasteiger partial charge in [0, 0.05) is 10.6 Å². The molecule has 0 fully saturated rings. The molecule has 0 saturated carbocycles. The average Bonchev–Trinajstić information content (AvgIpc) is 3.28. The van der Waals surface area contributed by atoms with Crippen LogP contribution >= 0.6 is 11.6 Å². The number of halogens is 4. The summed E-state index contributed by atoms with van der Waals surface area (Å²) in [5.74, 6) is 0. The van der Waals surface area contributed by atoms with Crippen molar-refractivity contribution in [2.24, 2.45) is 10.2 Å². The van der Waals surface area contributed by atoms with E-state index in [9.17, 15) is 13.2 Å². The van der Waals surface area contributed by atoms with Gasteiger partial charge in [0.25, 0.3) is 0 Å². The van der Waals surface area contributed by atoms with E-state index in [4.69, 9.17) is 11.6 Å². The quantitative estimate of drug-likeness (QED) is 0.648. The Balaban J connectivity index is 2.01. The summed E-state index contributed by atoms with van der Waals surface area (Å²) in [5.41, 5.74) is -1.27. The van der Waals surface area contributed by atoms with E-state index in [1.807, 2.05) is 30.3 Å². The molecule has 0 atom stereocenters. The van der Waals surface area contributed by atoms with Crippen molar-refractivity contribution in [3.63, 3.8) is 0 Å². The van der Waals surface area contributed by atoms with Crippen molar-refractivity contribution in [2.75, 3.05) is 0 Å². The maximum atomic E-state index is 13.2. The molecular formula is C16H10ClF3N2. The highest BCUT2D eigenvalue weighted by molar-refractivity contribution is 6.30. The molecule has 0 saturated heterocycles. The highest BCUT2D eigenvalue weighted by Gasteiger charge is 2.65. The molecule has 22 heavy (non-hydrogen) atoms. The molecule has 6 heteroatoms. The van der Waals surface area contributed by atoms with Gasteiger partial charge in [0.1, 0.15) is 0 Å². The zero-order valence-corrected chi connectivity index (χ0v) is 11.9. The Morgan fingerprint density at radius 2 is 1.64 bits per heavy atom. The molecule has 0 radical (unpaired) electrons. The lowest BCUT2D eigenvalue weighted by Crippen LogP contribution is -2.30. The number of nitrogens with zero attached hydrogens (tertiary/aromatic N) is 2. The molecular weight excluding hydrogens is 313 g/mol. The minimum absolute atomic E-state index is 0.0559. The summed E-state index contributed by atoms with van der Waals surface area (Å²) in [7, 11) is 0. The molecule has 0 aromatic heterocycles. The number of hydrogen-bond donors (Lipinski definition) is 0. The topological polar surface area (TPSA) is 24.7 Å². The number of alkyl halides is 3. The monoisotopic (exact) mass is 322 g/mol. The molecule has 2 aromatic rings. The number of benzene rings is 2. The Labute approximate surface area is 129 Å². The molecule has 1 aliphatic rings. The molecule has 0 N–H and O–H groups in total. The number of hydrogen-bond acceptors (Lipinski definition) is 2. The Morgan fingerprint density at radius 3 is 2.23 bits per heavy atom. The third-order valence-corrected chi connectivity index (χ3v) is 3.58. The van der Waals surface area contributed by atoms with Crippen molar-refractivity contribution in [3.8, 4) is 0 Å². The van der Waals surface area contributed by atoms with Crippen molar-refractivity contribution in [1.82, 2.24) is 0 Å². The van der Waals surface area contributed by atoms with Crippen LogP contribution in [0.3, 0.4) is 0 Å². The van der Waals surface area contributed by atoms with Gasteiger partial charge in [-0.25, -0.2) is 0 Å². The van der Waals surface area contributed by atoms with E-state index in [1.165, 1.54) is 12.1 Å². The Kier molecular flexibility index (Phi) is 3.53. The lowest BCUT2D eigenvalue weighted by molar-refractivity contribution is -0.166. The molecule has 0 aliphatic carbocycles. The molecule has 0 bridgehead atoms. The Hall–Kier alpha value is -2.14. The molecule has 2 aromatic carbocycles. The fraction of sp³-hybridized carbons (Fsp3) is 0.125.